The number of fused-ring (bicyclic) bond motifs is 3. The zero-order valence-corrected chi connectivity index (χ0v) is 18.9. The van der Waals surface area contributed by atoms with Crippen molar-refractivity contribution in [2.45, 2.75) is 38.6 Å². The highest BCUT2D eigenvalue weighted by atomic mass is 16.5. The summed E-state index contributed by atoms with van der Waals surface area (Å²) < 4.78 is 5.57. The number of ether oxygens (including phenoxy) is 1. The van der Waals surface area contributed by atoms with Crippen LogP contribution in [0.2, 0.25) is 0 Å². The van der Waals surface area contributed by atoms with E-state index in [9.17, 15) is 14.4 Å². The van der Waals surface area contributed by atoms with E-state index >= 15 is 0 Å². The van der Waals surface area contributed by atoms with Crippen molar-refractivity contribution < 1.29 is 24.2 Å². The van der Waals surface area contributed by atoms with E-state index in [0.29, 0.717) is 6.42 Å². The Morgan fingerprint density at radius 2 is 1.67 bits per heavy atom. The number of carbonyl (C=O) groups is 3. The number of carboxylic acid groups (broad SMARTS) is 1. The number of carboxylic acids is 1. The first kappa shape index (κ1) is 24.0. The maximum Gasteiger partial charge on any atom is 0.407 e. The predicted molar refractivity (Wildman–Crippen MR) is 126 cm³/mol. The molecule has 0 saturated heterocycles. The Morgan fingerprint density at radius 3 is 2.24 bits per heavy atom. The number of nitrogens with one attached hydrogen (secondary N) is 2. The van der Waals surface area contributed by atoms with E-state index in [-0.39, 0.29) is 30.9 Å². The minimum Gasteiger partial charge on any atom is -0.478 e. The van der Waals surface area contributed by atoms with Gasteiger partial charge >= 0.3 is 12.1 Å². The van der Waals surface area contributed by atoms with E-state index in [4.69, 9.17) is 9.84 Å². The van der Waals surface area contributed by atoms with Crippen LogP contribution < -0.4 is 10.6 Å². The number of benzene rings is 2. The second kappa shape index (κ2) is 11.3. The Labute approximate surface area is 193 Å². The van der Waals surface area contributed by atoms with Gasteiger partial charge in [-0.2, -0.15) is 0 Å². The first-order valence-corrected chi connectivity index (χ1v) is 11.2. The largest absolute Gasteiger partial charge is 0.478 e. The molecule has 0 saturated carbocycles. The molecule has 7 nitrogen and oxygen atoms in total. The fourth-order valence-corrected chi connectivity index (χ4v) is 4.03. The molecule has 0 aliphatic heterocycles. The van der Waals surface area contributed by atoms with Gasteiger partial charge in [0.1, 0.15) is 12.6 Å². The molecule has 0 heterocycles. The molecule has 1 aliphatic carbocycles. The molecule has 0 radical (unpaired) electrons. The maximum atomic E-state index is 12.6. The molecular weight excluding hydrogens is 420 g/mol. The summed E-state index contributed by atoms with van der Waals surface area (Å²) in [6.45, 7) is 4.25. The van der Waals surface area contributed by atoms with Gasteiger partial charge in [-0.1, -0.05) is 74.9 Å². The number of hydrogen-bond acceptors (Lipinski definition) is 4. The second-order valence-electron chi connectivity index (χ2n) is 8.26. The minimum absolute atomic E-state index is 0.0638. The van der Waals surface area contributed by atoms with E-state index in [0.717, 1.165) is 34.8 Å². The quantitative estimate of drug-likeness (QED) is 0.473. The Hall–Kier alpha value is -3.61. The SMILES string of the molecule is CCC(C)CC(NC(=O)OCC1c2ccccc2-c2ccccc21)C(=O)NC/C=C/C(=O)O. The topological polar surface area (TPSA) is 105 Å². The van der Waals surface area contributed by atoms with E-state index in [1.165, 1.54) is 6.08 Å². The highest BCUT2D eigenvalue weighted by Crippen LogP contribution is 2.44. The average molecular weight is 451 g/mol. The molecule has 0 aromatic heterocycles. The van der Waals surface area contributed by atoms with E-state index in [1.54, 1.807) is 0 Å². The van der Waals surface area contributed by atoms with Crippen molar-refractivity contribution >= 4 is 18.0 Å². The van der Waals surface area contributed by atoms with Gasteiger partial charge in [0.25, 0.3) is 0 Å². The Kier molecular flexibility index (Phi) is 8.24. The lowest BCUT2D eigenvalue weighted by Crippen LogP contribution is -2.48. The molecule has 0 fully saturated rings. The highest BCUT2D eigenvalue weighted by molar-refractivity contribution is 5.86. The van der Waals surface area contributed by atoms with Gasteiger partial charge < -0.3 is 20.5 Å². The summed E-state index contributed by atoms with van der Waals surface area (Å²) in [4.78, 5) is 35.8. The number of amides is 2. The number of rotatable bonds is 10. The summed E-state index contributed by atoms with van der Waals surface area (Å²) in [5.41, 5.74) is 4.52. The van der Waals surface area contributed by atoms with Crippen LogP contribution in [0.3, 0.4) is 0 Å². The van der Waals surface area contributed by atoms with Gasteiger partial charge in [0.15, 0.2) is 0 Å². The standard InChI is InChI=1S/C26H30N2O5/c1-3-17(2)15-23(25(31)27-14-8-13-24(29)30)28-26(32)33-16-22-20-11-6-4-9-18(20)19-10-5-7-12-21(19)22/h4-13,17,22-23H,3,14-16H2,1-2H3,(H,27,31)(H,28,32)(H,29,30)/b13-8+. The van der Waals surface area contributed by atoms with Crippen molar-refractivity contribution in [1.29, 1.82) is 0 Å². The molecule has 2 aromatic rings. The van der Waals surface area contributed by atoms with E-state index in [1.807, 2.05) is 50.2 Å². The first-order valence-electron chi connectivity index (χ1n) is 11.2. The van der Waals surface area contributed by atoms with Gasteiger partial charge in [-0.15, -0.1) is 0 Å². The number of carbonyl (C=O) groups excluding carboxylic acids is 2. The first-order chi connectivity index (χ1) is 15.9. The van der Waals surface area contributed by atoms with Crippen LogP contribution in [0.5, 0.6) is 0 Å². The number of aliphatic carboxylic acids is 1. The molecule has 174 valence electrons. The van der Waals surface area contributed by atoms with Crippen molar-refractivity contribution in [3.8, 4) is 11.1 Å². The second-order valence-corrected chi connectivity index (χ2v) is 8.26. The van der Waals surface area contributed by atoms with Crippen LogP contribution in [0.25, 0.3) is 11.1 Å². The van der Waals surface area contributed by atoms with Gasteiger partial charge in [-0.05, 0) is 34.6 Å². The monoisotopic (exact) mass is 450 g/mol. The molecule has 2 atom stereocenters. The number of alkyl carbamates (subject to hydrolysis) is 1. The third kappa shape index (κ3) is 6.22. The fourth-order valence-electron chi connectivity index (χ4n) is 4.03. The molecule has 1 aliphatic rings. The Balaban J connectivity index is 1.63. The van der Waals surface area contributed by atoms with Gasteiger partial charge in [-0.25, -0.2) is 9.59 Å². The lowest BCUT2D eigenvalue weighted by molar-refractivity contribution is -0.131. The van der Waals surface area contributed by atoms with Crippen LogP contribution >= 0.6 is 0 Å². The van der Waals surface area contributed by atoms with Crippen LogP contribution in [0.15, 0.2) is 60.7 Å². The summed E-state index contributed by atoms with van der Waals surface area (Å²) in [5.74, 6) is -1.31. The smallest absolute Gasteiger partial charge is 0.407 e. The molecule has 0 bridgehead atoms. The summed E-state index contributed by atoms with van der Waals surface area (Å²) in [5, 5.41) is 14.0. The molecule has 7 heteroatoms. The average Bonchev–Trinajstić information content (AvgIpc) is 3.13. The zero-order valence-electron chi connectivity index (χ0n) is 18.9. The maximum absolute atomic E-state index is 12.6. The third-order valence-electron chi connectivity index (χ3n) is 5.94. The van der Waals surface area contributed by atoms with Crippen molar-refractivity contribution in [2.24, 2.45) is 5.92 Å². The van der Waals surface area contributed by atoms with Gasteiger partial charge in [0, 0.05) is 18.5 Å². The lowest BCUT2D eigenvalue weighted by atomic mass is 9.98. The molecule has 33 heavy (non-hydrogen) atoms. The molecule has 2 aromatic carbocycles. The number of hydrogen-bond donors (Lipinski definition) is 3. The molecular formula is C26H30N2O5. The van der Waals surface area contributed by atoms with Gasteiger partial charge in [0.05, 0.1) is 0 Å². The minimum atomic E-state index is -1.09. The van der Waals surface area contributed by atoms with E-state index in [2.05, 4.69) is 22.8 Å². The van der Waals surface area contributed by atoms with Crippen LogP contribution in [0.4, 0.5) is 4.79 Å². The molecule has 3 N–H and O–H groups in total. The molecule has 2 unspecified atom stereocenters. The van der Waals surface area contributed by atoms with Crippen LogP contribution in [0, 0.1) is 5.92 Å². The molecule has 2 amide bonds. The van der Waals surface area contributed by atoms with Crippen LogP contribution in [0.1, 0.15) is 43.7 Å². The van der Waals surface area contributed by atoms with Crippen molar-refractivity contribution in [3.05, 3.63) is 71.8 Å². The summed E-state index contributed by atoms with van der Waals surface area (Å²) >= 11 is 0. The van der Waals surface area contributed by atoms with Gasteiger partial charge in [0.2, 0.25) is 5.91 Å². The summed E-state index contributed by atoms with van der Waals surface area (Å²) in [6.07, 6.45) is 2.96. The van der Waals surface area contributed by atoms with Crippen LogP contribution in [-0.2, 0) is 14.3 Å². The molecule has 0 spiro atoms. The van der Waals surface area contributed by atoms with Gasteiger partial charge in [-0.3, -0.25) is 4.79 Å². The fraction of sp³-hybridized carbons (Fsp3) is 0.346. The predicted octanol–water partition coefficient (Wildman–Crippen LogP) is 4.09. The van der Waals surface area contributed by atoms with Crippen molar-refractivity contribution in [2.75, 3.05) is 13.2 Å². The lowest BCUT2D eigenvalue weighted by Gasteiger charge is -2.21. The van der Waals surface area contributed by atoms with Crippen molar-refractivity contribution in [1.82, 2.24) is 10.6 Å². The summed E-state index contributed by atoms with van der Waals surface area (Å²) in [6, 6.07) is 15.4. The normalized spacial score (nSPS) is 14.2. The molecule has 3 rings (SSSR count). The van der Waals surface area contributed by atoms with Crippen LogP contribution in [-0.4, -0.2) is 42.3 Å². The highest BCUT2D eigenvalue weighted by Gasteiger charge is 2.30. The summed E-state index contributed by atoms with van der Waals surface area (Å²) in [7, 11) is 0. The third-order valence-corrected chi connectivity index (χ3v) is 5.94. The Morgan fingerprint density at radius 1 is 1.06 bits per heavy atom. The zero-order chi connectivity index (χ0) is 23.8. The van der Waals surface area contributed by atoms with E-state index < -0.39 is 18.1 Å². The van der Waals surface area contributed by atoms with Crippen molar-refractivity contribution in [3.63, 3.8) is 0 Å². The Bertz CT molecular complexity index is 987.